The lowest BCUT2D eigenvalue weighted by atomic mass is 10.1. The van der Waals surface area contributed by atoms with Gasteiger partial charge in [-0.05, 0) is 58.4 Å². The van der Waals surface area contributed by atoms with Gasteiger partial charge < -0.3 is 48.7 Å². The van der Waals surface area contributed by atoms with E-state index in [9.17, 15) is 29.4 Å². The van der Waals surface area contributed by atoms with Gasteiger partial charge in [0.15, 0.2) is 5.96 Å². The number of aliphatic carboxylic acids is 1. The second-order valence-electron chi connectivity index (χ2n) is 8.65. The number of rotatable bonds is 15. The summed E-state index contributed by atoms with van der Waals surface area (Å²) in [6.45, 7) is 2.28. The summed E-state index contributed by atoms with van der Waals surface area (Å²) in [5, 5.41) is 24.2. The van der Waals surface area contributed by atoms with E-state index >= 15 is 0 Å². The summed E-state index contributed by atoms with van der Waals surface area (Å²) < 4.78 is 0. The number of hydrogen-bond acceptors (Lipinski definition) is 8. The zero-order valence-corrected chi connectivity index (χ0v) is 20.2. The Labute approximate surface area is 204 Å². The minimum atomic E-state index is -1.22. The number of aliphatic hydroxyl groups excluding tert-OH is 1. The van der Waals surface area contributed by atoms with Crippen LogP contribution in [0.3, 0.4) is 0 Å². The molecule has 1 heterocycles. The highest BCUT2D eigenvalue weighted by atomic mass is 16.4. The first kappa shape index (κ1) is 30.1. The molecule has 0 bridgehead atoms. The van der Waals surface area contributed by atoms with Gasteiger partial charge in [-0.25, -0.2) is 4.79 Å². The molecule has 14 nitrogen and oxygen atoms in total. The van der Waals surface area contributed by atoms with Crippen molar-refractivity contribution < 1.29 is 29.4 Å². The average molecular weight is 501 g/mol. The Hall–Kier alpha value is -2.97. The minimum absolute atomic E-state index is 0.105. The van der Waals surface area contributed by atoms with Gasteiger partial charge in [-0.1, -0.05) is 0 Å². The first-order valence-electron chi connectivity index (χ1n) is 11.8. The zero-order chi connectivity index (χ0) is 26.5. The summed E-state index contributed by atoms with van der Waals surface area (Å²) >= 11 is 0. The average Bonchev–Trinajstić information content (AvgIpc) is 3.29. The van der Waals surface area contributed by atoms with Gasteiger partial charge in [0.05, 0.1) is 6.10 Å². The number of nitrogens with one attached hydrogen (secondary N) is 2. The van der Waals surface area contributed by atoms with Crippen molar-refractivity contribution in [3.8, 4) is 0 Å². The van der Waals surface area contributed by atoms with Crippen molar-refractivity contribution in [1.29, 1.82) is 0 Å². The third kappa shape index (κ3) is 10.0. The van der Waals surface area contributed by atoms with E-state index in [1.807, 2.05) is 0 Å². The highest BCUT2D eigenvalue weighted by Crippen LogP contribution is 2.20. The lowest BCUT2D eigenvalue weighted by molar-refractivity contribution is -0.145. The standard InChI is InChI=1S/C21H40N8O6/c1-12(30)16(23)18(32)27-13(6-2-3-9-22)19(33)29-11-5-8-15(29)17(31)28-14(20(34)35)7-4-10-26-21(24)25/h12-16,30H,2-11,22-23H2,1H3,(H,27,32)(H,28,31)(H,34,35)(H4,24,25,26)/t12-,13+,14+,15+,16-/m1/s1. The number of nitrogens with two attached hydrogens (primary N) is 4. The Kier molecular flexibility index (Phi) is 13.0. The van der Waals surface area contributed by atoms with Crippen LogP contribution in [0.1, 0.15) is 51.9 Å². The SMILES string of the molecule is C[C@@H](O)[C@@H](N)C(=O)N[C@@H](CCCCN)C(=O)N1CCC[C@H]1C(=O)N[C@@H](CCCN=C(N)N)C(=O)O. The van der Waals surface area contributed by atoms with E-state index in [0.29, 0.717) is 38.6 Å². The molecular formula is C21H40N8O6. The topological polar surface area (TPSA) is 252 Å². The van der Waals surface area contributed by atoms with E-state index in [0.717, 1.165) is 0 Å². The second kappa shape index (κ2) is 15.1. The summed E-state index contributed by atoms with van der Waals surface area (Å²) in [5.74, 6) is -3.05. The van der Waals surface area contributed by atoms with E-state index in [-0.39, 0.29) is 31.9 Å². The molecule has 200 valence electrons. The van der Waals surface area contributed by atoms with Crippen LogP contribution in [0.5, 0.6) is 0 Å². The van der Waals surface area contributed by atoms with Crippen LogP contribution in [0.2, 0.25) is 0 Å². The summed E-state index contributed by atoms with van der Waals surface area (Å²) in [4.78, 5) is 55.4. The van der Waals surface area contributed by atoms with Crippen molar-refractivity contribution in [3.05, 3.63) is 0 Å². The number of hydrogen-bond donors (Lipinski definition) is 8. The van der Waals surface area contributed by atoms with Crippen molar-refractivity contribution in [3.63, 3.8) is 0 Å². The number of nitrogens with zero attached hydrogens (tertiary/aromatic N) is 2. The third-order valence-electron chi connectivity index (χ3n) is 5.78. The quantitative estimate of drug-likeness (QED) is 0.0639. The molecule has 1 rings (SSSR count). The number of likely N-dealkylation sites (tertiary alicyclic amines) is 1. The molecule has 0 radical (unpaired) electrons. The number of guanidine groups is 1. The van der Waals surface area contributed by atoms with E-state index < -0.39 is 54.0 Å². The Morgan fingerprint density at radius 2 is 1.74 bits per heavy atom. The number of amides is 3. The number of carbonyl (C=O) groups excluding carboxylic acids is 3. The maximum atomic E-state index is 13.3. The molecule has 1 aliphatic rings. The molecule has 1 fully saturated rings. The molecule has 3 amide bonds. The first-order valence-corrected chi connectivity index (χ1v) is 11.8. The lowest BCUT2D eigenvalue weighted by Gasteiger charge is -2.30. The molecule has 1 saturated heterocycles. The van der Waals surface area contributed by atoms with Gasteiger partial charge in [0.1, 0.15) is 24.2 Å². The Bertz CT molecular complexity index is 758. The summed E-state index contributed by atoms with van der Waals surface area (Å²) in [7, 11) is 0. The molecule has 0 aromatic carbocycles. The van der Waals surface area contributed by atoms with Crippen LogP contribution in [0.15, 0.2) is 4.99 Å². The van der Waals surface area contributed by atoms with Gasteiger partial charge in [0.2, 0.25) is 17.7 Å². The summed E-state index contributed by atoms with van der Waals surface area (Å²) in [6.07, 6.45) is 1.69. The Balaban J connectivity index is 2.90. The van der Waals surface area contributed by atoms with Gasteiger partial charge in [-0.3, -0.25) is 19.4 Å². The molecule has 0 spiro atoms. The number of unbranched alkanes of at least 4 members (excludes halogenated alkanes) is 1. The molecule has 1 aliphatic heterocycles. The van der Waals surface area contributed by atoms with Gasteiger partial charge in [0, 0.05) is 13.1 Å². The fourth-order valence-electron chi connectivity index (χ4n) is 3.77. The molecular weight excluding hydrogens is 460 g/mol. The molecule has 0 saturated carbocycles. The maximum absolute atomic E-state index is 13.3. The number of aliphatic imine (C=N–C) groups is 1. The van der Waals surface area contributed by atoms with Crippen molar-refractivity contribution in [2.75, 3.05) is 19.6 Å². The maximum Gasteiger partial charge on any atom is 0.326 e. The highest BCUT2D eigenvalue weighted by Gasteiger charge is 2.39. The van der Waals surface area contributed by atoms with Crippen LogP contribution < -0.4 is 33.6 Å². The number of carbonyl (C=O) groups is 4. The fourth-order valence-corrected chi connectivity index (χ4v) is 3.77. The molecule has 35 heavy (non-hydrogen) atoms. The van der Waals surface area contributed by atoms with E-state index in [1.54, 1.807) is 0 Å². The van der Waals surface area contributed by atoms with E-state index in [2.05, 4.69) is 15.6 Å². The summed E-state index contributed by atoms with van der Waals surface area (Å²) in [6, 6.07) is -4.21. The predicted octanol–water partition coefficient (Wildman–Crippen LogP) is -3.08. The van der Waals surface area contributed by atoms with Gasteiger partial charge in [-0.15, -0.1) is 0 Å². The predicted molar refractivity (Wildman–Crippen MR) is 129 cm³/mol. The molecule has 0 aromatic heterocycles. The lowest BCUT2D eigenvalue weighted by Crippen LogP contribution is -2.57. The molecule has 0 aliphatic carbocycles. The Morgan fingerprint density at radius 1 is 1.09 bits per heavy atom. The molecule has 5 atom stereocenters. The van der Waals surface area contributed by atoms with Crippen molar-refractivity contribution in [2.24, 2.45) is 27.9 Å². The largest absolute Gasteiger partial charge is 0.480 e. The summed E-state index contributed by atoms with van der Waals surface area (Å²) in [5.41, 5.74) is 21.7. The van der Waals surface area contributed by atoms with Crippen molar-refractivity contribution >= 4 is 29.7 Å². The van der Waals surface area contributed by atoms with Crippen LogP contribution >= 0.6 is 0 Å². The van der Waals surface area contributed by atoms with Crippen molar-refractivity contribution in [1.82, 2.24) is 15.5 Å². The van der Waals surface area contributed by atoms with Crippen LogP contribution in [0.4, 0.5) is 0 Å². The van der Waals surface area contributed by atoms with Gasteiger partial charge in [0.25, 0.3) is 0 Å². The van der Waals surface area contributed by atoms with Gasteiger partial charge >= 0.3 is 5.97 Å². The van der Waals surface area contributed by atoms with Gasteiger partial charge in [-0.2, -0.15) is 0 Å². The number of carboxylic acid groups (broad SMARTS) is 1. The number of aliphatic hydroxyl groups is 1. The van der Waals surface area contributed by atoms with E-state index in [1.165, 1.54) is 11.8 Å². The molecule has 14 heteroatoms. The third-order valence-corrected chi connectivity index (χ3v) is 5.78. The molecule has 12 N–H and O–H groups in total. The van der Waals surface area contributed by atoms with E-state index in [4.69, 9.17) is 22.9 Å². The van der Waals surface area contributed by atoms with Crippen LogP contribution in [-0.4, -0.2) is 94.7 Å². The zero-order valence-electron chi connectivity index (χ0n) is 20.2. The van der Waals surface area contributed by atoms with Crippen LogP contribution in [-0.2, 0) is 19.2 Å². The second-order valence-corrected chi connectivity index (χ2v) is 8.65. The smallest absolute Gasteiger partial charge is 0.326 e. The van der Waals surface area contributed by atoms with Crippen molar-refractivity contribution in [2.45, 2.75) is 82.1 Å². The Morgan fingerprint density at radius 3 is 2.31 bits per heavy atom. The normalized spacial score (nSPS) is 18.7. The minimum Gasteiger partial charge on any atom is -0.480 e. The first-order chi connectivity index (χ1) is 16.5. The van der Waals surface area contributed by atoms with Crippen LogP contribution in [0.25, 0.3) is 0 Å². The fraction of sp³-hybridized carbons (Fsp3) is 0.762. The molecule has 0 aromatic rings. The van der Waals surface area contributed by atoms with Crippen LogP contribution in [0, 0.1) is 0 Å². The highest BCUT2D eigenvalue weighted by molar-refractivity contribution is 5.94. The molecule has 0 unspecified atom stereocenters. The monoisotopic (exact) mass is 500 g/mol. The number of carboxylic acids is 1.